The van der Waals surface area contributed by atoms with Gasteiger partial charge in [0.15, 0.2) is 0 Å². The third-order valence-corrected chi connectivity index (χ3v) is 4.97. The Kier molecular flexibility index (Phi) is 5.43. The van der Waals surface area contributed by atoms with Crippen molar-refractivity contribution < 1.29 is 13.6 Å². The molecule has 1 aromatic carbocycles. The summed E-state index contributed by atoms with van der Waals surface area (Å²) in [4.78, 5) is 29.5. The second-order valence-corrected chi connectivity index (χ2v) is 7.02. The Morgan fingerprint density at radius 1 is 1.35 bits per heavy atom. The van der Waals surface area contributed by atoms with E-state index in [9.17, 15) is 14.0 Å². The smallest absolute Gasteiger partial charge is 0.276 e. The van der Waals surface area contributed by atoms with Crippen LogP contribution >= 0.6 is 12.4 Å². The van der Waals surface area contributed by atoms with Crippen LogP contribution in [-0.2, 0) is 0 Å². The molecule has 0 radical (unpaired) electrons. The first kappa shape index (κ1) is 20.5. The van der Waals surface area contributed by atoms with E-state index >= 15 is 0 Å². The average Bonchev–Trinajstić information content (AvgIpc) is 3.20. The van der Waals surface area contributed by atoms with Gasteiger partial charge >= 0.3 is 0 Å². The third kappa shape index (κ3) is 3.87. The predicted molar refractivity (Wildman–Crippen MR) is 115 cm³/mol. The Morgan fingerprint density at radius 2 is 2.19 bits per heavy atom. The van der Waals surface area contributed by atoms with Gasteiger partial charge in [-0.3, -0.25) is 9.59 Å². The first-order valence-electron chi connectivity index (χ1n) is 9.35. The molecule has 1 N–H and O–H groups in total. The fourth-order valence-electron chi connectivity index (χ4n) is 3.35. The molecule has 1 saturated carbocycles. The number of carbonyl (C=O) groups is 1. The first-order chi connectivity index (χ1) is 14.6. The van der Waals surface area contributed by atoms with Crippen LogP contribution in [0.5, 0.6) is 0 Å². The summed E-state index contributed by atoms with van der Waals surface area (Å²) < 4.78 is 23.3. The Balaban J connectivity index is 0.00000231. The van der Waals surface area contributed by atoms with Crippen molar-refractivity contribution in [3.63, 3.8) is 0 Å². The molecule has 0 spiro atoms. The van der Waals surface area contributed by atoms with Crippen molar-refractivity contribution in [2.75, 3.05) is 0 Å². The number of hydrogen-bond donors (Lipinski definition) is 1. The molecule has 0 saturated heterocycles. The van der Waals surface area contributed by atoms with Gasteiger partial charge in [0.2, 0.25) is 5.43 Å². The van der Waals surface area contributed by atoms with E-state index in [1.54, 1.807) is 35.2 Å². The Bertz CT molecular complexity index is 1330. The maximum Gasteiger partial charge on any atom is 0.276 e. The molecular weight excluding hydrogens is 425 g/mol. The minimum Gasteiger partial charge on any atom is -0.463 e. The third-order valence-electron chi connectivity index (χ3n) is 4.97. The van der Waals surface area contributed by atoms with Crippen molar-refractivity contribution in [1.82, 2.24) is 19.5 Å². The second-order valence-electron chi connectivity index (χ2n) is 7.02. The van der Waals surface area contributed by atoms with E-state index < -0.39 is 17.2 Å². The molecule has 4 aromatic rings. The Morgan fingerprint density at radius 3 is 2.87 bits per heavy atom. The number of hydrogen-bond acceptors (Lipinski definition) is 5. The van der Waals surface area contributed by atoms with Gasteiger partial charge in [-0.1, -0.05) is 0 Å². The summed E-state index contributed by atoms with van der Waals surface area (Å²) in [5, 5.41) is 3.96. The van der Waals surface area contributed by atoms with Gasteiger partial charge in [-0.25, -0.2) is 14.8 Å². The van der Waals surface area contributed by atoms with Crippen molar-refractivity contribution in [2.45, 2.75) is 18.9 Å². The normalized spacial score (nSPS) is 13.5. The molecule has 10 heteroatoms. The standard InChI is InChI=1S/C21H16FN5O3.ClH/c22-17-8-15-18(9-19(17)26-6-5-23-12-26)27(13-3-4-13)11-16(20(15)28)21(29)25-24-10-14-2-1-7-30-14;/h1-2,5-13H,3-4H2,(H,25,29);1H/b24-10-;. The second kappa shape index (κ2) is 8.19. The van der Waals surface area contributed by atoms with E-state index in [4.69, 9.17) is 4.42 Å². The van der Waals surface area contributed by atoms with Gasteiger partial charge in [-0.2, -0.15) is 5.10 Å². The van der Waals surface area contributed by atoms with E-state index in [1.807, 2.05) is 4.57 Å². The Hall–Kier alpha value is -3.72. The molecule has 31 heavy (non-hydrogen) atoms. The highest BCUT2D eigenvalue weighted by molar-refractivity contribution is 5.98. The highest BCUT2D eigenvalue weighted by Crippen LogP contribution is 2.37. The molecule has 3 heterocycles. The monoisotopic (exact) mass is 441 g/mol. The number of aromatic nitrogens is 3. The number of imidazole rings is 1. The maximum atomic E-state index is 14.8. The van der Waals surface area contributed by atoms with Crippen LogP contribution < -0.4 is 10.9 Å². The molecule has 0 aliphatic heterocycles. The predicted octanol–water partition coefficient (Wildman–Crippen LogP) is 3.44. The van der Waals surface area contributed by atoms with Gasteiger partial charge in [-0.15, -0.1) is 12.4 Å². The number of pyridine rings is 1. The van der Waals surface area contributed by atoms with E-state index in [0.29, 0.717) is 11.3 Å². The molecule has 0 bridgehead atoms. The van der Waals surface area contributed by atoms with Crippen LogP contribution in [0.1, 0.15) is 35.0 Å². The van der Waals surface area contributed by atoms with Gasteiger partial charge in [0.1, 0.15) is 17.1 Å². The van der Waals surface area contributed by atoms with E-state index in [2.05, 4.69) is 15.5 Å². The van der Waals surface area contributed by atoms with Crippen molar-refractivity contribution in [2.24, 2.45) is 5.10 Å². The summed E-state index contributed by atoms with van der Waals surface area (Å²) in [5.41, 5.74) is 2.54. The number of amides is 1. The lowest BCUT2D eigenvalue weighted by Gasteiger charge is -2.14. The molecular formula is C21H17ClFN5O3. The SMILES string of the molecule is Cl.O=C(N/N=C\c1ccco1)c1cn(C2CC2)c2cc(-n3ccnc3)c(F)cc2c1=O. The zero-order valence-corrected chi connectivity index (χ0v) is 16.9. The summed E-state index contributed by atoms with van der Waals surface area (Å²) >= 11 is 0. The lowest BCUT2D eigenvalue weighted by Crippen LogP contribution is -2.27. The quantitative estimate of drug-likeness (QED) is 0.379. The molecule has 5 rings (SSSR count). The van der Waals surface area contributed by atoms with Crippen molar-refractivity contribution in [3.8, 4) is 5.69 Å². The van der Waals surface area contributed by atoms with Crippen molar-refractivity contribution >= 4 is 35.4 Å². The highest BCUT2D eigenvalue weighted by atomic mass is 35.5. The lowest BCUT2D eigenvalue weighted by molar-refractivity contribution is 0.0953. The summed E-state index contributed by atoms with van der Waals surface area (Å²) in [7, 11) is 0. The molecule has 0 unspecified atom stereocenters. The van der Waals surface area contributed by atoms with Crippen LogP contribution in [0.15, 0.2) is 69.8 Å². The van der Waals surface area contributed by atoms with Crippen LogP contribution in [0.2, 0.25) is 0 Å². The molecule has 158 valence electrons. The Labute approximate surface area is 181 Å². The number of rotatable bonds is 5. The summed E-state index contributed by atoms with van der Waals surface area (Å²) in [6, 6.07) is 6.31. The topological polar surface area (TPSA) is 94.4 Å². The fourth-order valence-corrected chi connectivity index (χ4v) is 3.35. The zero-order chi connectivity index (χ0) is 20.7. The molecule has 1 aliphatic carbocycles. The van der Waals surface area contributed by atoms with Crippen molar-refractivity contribution in [3.05, 3.63) is 82.8 Å². The van der Waals surface area contributed by atoms with E-state index in [1.165, 1.54) is 31.1 Å². The number of nitrogens with zero attached hydrogens (tertiary/aromatic N) is 4. The van der Waals surface area contributed by atoms with E-state index in [-0.39, 0.29) is 35.1 Å². The van der Waals surface area contributed by atoms with Gasteiger partial charge in [0.25, 0.3) is 5.91 Å². The van der Waals surface area contributed by atoms with Crippen LogP contribution in [0.25, 0.3) is 16.6 Å². The zero-order valence-electron chi connectivity index (χ0n) is 16.1. The fraction of sp³-hybridized carbons (Fsp3) is 0.143. The number of fused-ring (bicyclic) bond motifs is 1. The van der Waals surface area contributed by atoms with Crippen LogP contribution in [-0.4, -0.2) is 26.2 Å². The number of carbonyl (C=O) groups excluding carboxylic acids is 1. The van der Waals surface area contributed by atoms with Crippen LogP contribution in [0, 0.1) is 5.82 Å². The minimum absolute atomic E-state index is 0. The summed E-state index contributed by atoms with van der Waals surface area (Å²) in [6.07, 6.45) is 10.8. The van der Waals surface area contributed by atoms with Gasteiger partial charge in [0.05, 0.1) is 30.0 Å². The molecule has 0 atom stereocenters. The minimum atomic E-state index is -0.668. The molecule has 1 amide bonds. The largest absolute Gasteiger partial charge is 0.463 e. The maximum absolute atomic E-state index is 14.8. The highest BCUT2D eigenvalue weighted by Gasteiger charge is 2.27. The molecule has 1 fully saturated rings. The van der Waals surface area contributed by atoms with Gasteiger partial charge in [0, 0.05) is 30.0 Å². The number of benzene rings is 1. The number of furan rings is 1. The number of halogens is 2. The first-order valence-corrected chi connectivity index (χ1v) is 9.35. The summed E-state index contributed by atoms with van der Waals surface area (Å²) in [5.74, 6) is -0.787. The van der Waals surface area contributed by atoms with Crippen molar-refractivity contribution in [1.29, 1.82) is 0 Å². The number of nitrogens with one attached hydrogen (secondary N) is 1. The van der Waals surface area contributed by atoms with E-state index in [0.717, 1.165) is 12.8 Å². The summed E-state index contributed by atoms with van der Waals surface area (Å²) in [6.45, 7) is 0. The van der Waals surface area contributed by atoms with Gasteiger partial charge < -0.3 is 13.6 Å². The van der Waals surface area contributed by atoms with Crippen LogP contribution in [0.4, 0.5) is 4.39 Å². The molecule has 8 nitrogen and oxygen atoms in total. The molecule has 1 aliphatic rings. The average molecular weight is 442 g/mol. The number of hydrazone groups is 1. The lowest BCUT2D eigenvalue weighted by atomic mass is 10.1. The molecule has 3 aromatic heterocycles. The van der Waals surface area contributed by atoms with Crippen LogP contribution in [0.3, 0.4) is 0 Å². The van der Waals surface area contributed by atoms with Gasteiger partial charge in [-0.05, 0) is 37.1 Å².